The summed E-state index contributed by atoms with van der Waals surface area (Å²) in [4.78, 5) is 101. The summed E-state index contributed by atoms with van der Waals surface area (Å²) in [6.07, 6.45) is 4.58. The van der Waals surface area contributed by atoms with Gasteiger partial charge in [0.15, 0.2) is 22.8 Å². The number of ketones is 1. The third-order valence-electron chi connectivity index (χ3n) is 10.8. The van der Waals surface area contributed by atoms with Crippen LogP contribution < -0.4 is 16.4 Å². The molecule has 29 heteroatoms. The number of nitrogens with one attached hydrogen (secondary N) is 2. The van der Waals surface area contributed by atoms with Gasteiger partial charge in [-0.25, -0.2) is 28.6 Å². The van der Waals surface area contributed by atoms with E-state index >= 15 is 0 Å². The summed E-state index contributed by atoms with van der Waals surface area (Å²) in [5.41, 5.74) is 4.26. The van der Waals surface area contributed by atoms with E-state index in [1.165, 1.54) is 13.8 Å². The molecule has 1 aliphatic heterocycles. The maximum absolute atomic E-state index is 12.7. The fourth-order valence-electron chi connectivity index (χ4n) is 7.28. The Morgan fingerprint density at radius 3 is 2.47 bits per heavy atom. The number of aliphatic hydroxyl groups is 2. The van der Waals surface area contributed by atoms with Gasteiger partial charge in [-0.15, -0.1) is 0 Å². The van der Waals surface area contributed by atoms with E-state index in [4.69, 9.17) is 19.5 Å². The molecule has 0 radical (unpaired) electrons. The van der Waals surface area contributed by atoms with Crippen LogP contribution in [0.2, 0.25) is 0 Å². The van der Waals surface area contributed by atoms with E-state index in [0.717, 1.165) is 73.9 Å². The van der Waals surface area contributed by atoms with Crippen molar-refractivity contribution in [3.05, 3.63) is 24.8 Å². The average molecular weight is 1020 g/mol. The number of unbranched alkanes of at least 4 members (excludes halogenated alkanes) is 2. The van der Waals surface area contributed by atoms with Gasteiger partial charge in [0.25, 0.3) is 0 Å². The van der Waals surface area contributed by atoms with Crippen molar-refractivity contribution in [3.63, 3.8) is 0 Å². The minimum atomic E-state index is -5.58. The van der Waals surface area contributed by atoms with Crippen LogP contribution in [0.3, 0.4) is 0 Å². The summed E-state index contributed by atoms with van der Waals surface area (Å²) >= 11 is 1.11. The molecule has 4 unspecified atom stereocenters. The zero-order valence-electron chi connectivity index (χ0n) is 36.7. The highest BCUT2D eigenvalue weighted by molar-refractivity contribution is 8.13. The molecular weight excluding hydrogens is 955 g/mol. The van der Waals surface area contributed by atoms with Crippen molar-refractivity contribution >= 4 is 74.9 Å². The molecule has 25 nitrogen and oxygen atoms in total. The fraction of sp³-hybridized carbons (Fsp3) is 0.703. The number of imidazole rings is 1. The molecular formula is C37H60N7O18P3S. The minimum absolute atomic E-state index is 0.0137. The standard InChI is InChI=1S/C37H60N7O18P3S/c1-4-5-7-11-24-23(13-14-25(24)45)10-8-6-9-12-28(47)66-18-17-39-27(46)15-16-40-35(50)32(49)37(2,3)20-59-65(56,57)62-64(54,55)58-19-26-31(61-63(51,52)53)30(48)36(60-26)44-22-43-29-33(38)41-21-42-34(29)44/h5,7,21-24,26,30-32,36,48-49H,4,6,8-20H2,1-3H3,(H,39,46)(H,40,50)(H,54,55)(H,56,57)(H2,38,41,42)(H2,51,52,53)/b7-5-/t23?,24?,26-,30-,31-,32+,36-/m1/s1. The van der Waals surface area contributed by atoms with E-state index in [2.05, 4.69) is 53.5 Å². The van der Waals surface area contributed by atoms with E-state index < -0.39 is 84.6 Å². The van der Waals surface area contributed by atoms with Crippen molar-refractivity contribution in [3.8, 4) is 0 Å². The van der Waals surface area contributed by atoms with Gasteiger partial charge in [0, 0.05) is 49.4 Å². The largest absolute Gasteiger partial charge is 0.481 e. The Morgan fingerprint density at radius 2 is 1.76 bits per heavy atom. The number of Topliss-reactive ketones (excluding diaryl/α,β-unsaturated/α-hetero) is 1. The molecule has 372 valence electrons. The number of amides is 2. The van der Waals surface area contributed by atoms with Crippen molar-refractivity contribution in [1.29, 1.82) is 0 Å². The molecule has 0 bridgehead atoms. The highest BCUT2D eigenvalue weighted by Crippen LogP contribution is 2.61. The second-order valence-corrected chi connectivity index (χ2v) is 21.8. The number of carbonyl (C=O) groups is 4. The van der Waals surface area contributed by atoms with Gasteiger partial charge in [-0.2, -0.15) is 4.31 Å². The predicted octanol–water partition coefficient (Wildman–Crippen LogP) is 2.57. The van der Waals surface area contributed by atoms with Crippen LogP contribution in [0.25, 0.3) is 11.2 Å². The summed E-state index contributed by atoms with van der Waals surface area (Å²) in [5.74, 6) is -0.238. The van der Waals surface area contributed by atoms with E-state index in [1.54, 1.807) is 0 Å². The second-order valence-electron chi connectivity index (χ2n) is 16.4. The van der Waals surface area contributed by atoms with Crippen LogP contribution in [-0.2, 0) is 55.5 Å². The summed E-state index contributed by atoms with van der Waals surface area (Å²) in [7, 11) is -16.4. The van der Waals surface area contributed by atoms with Crippen molar-refractivity contribution < 1.29 is 85.3 Å². The van der Waals surface area contributed by atoms with Gasteiger partial charge in [-0.3, -0.25) is 37.3 Å². The molecule has 2 aliphatic rings. The summed E-state index contributed by atoms with van der Waals surface area (Å²) in [6, 6.07) is 0. The molecule has 2 aromatic heterocycles. The molecule has 1 aliphatic carbocycles. The number of phosphoric acid groups is 3. The van der Waals surface area contributed by atoms with Gasteiger partial charge >= 0.3 is 23.5 Å². The lowest BCUT2D eigenvalue weighted by atomic mass is 9.87. The first-order valence-electron chi connectivity index (χ1n) is 21.2. The molecule has 1 saturated carbocycles. The number of ether oxygens (including phenoxy) is 1. The maximum Gasteiger partial charge on any atom is 0.481 e. The Hall–Kier alpha value is -3.03. The Balaban J connectivity index is 1.12. The first-order valence-corrected chi connectivity index (χ1v) is 26.7. The normalized spacial score (nSPS) is 23.8. The molecule has 1 saturated heterocycles. The van der Waals surface area contributed by atoms with Gasteiger partial charge in [0.05, 0.1) is 19.5 Å². The molecule has 0 spiro atoms. The number of rotatable bonds is 28. The van der Waals surface area contributed by atoms with E-state index in [1.807, 2.05) is 0 Å². The van der Waals surface area contributed by atoms with Crippen LogP contribution >= 0.6 is 35.2 Å². The molecule has 2 aromatic rings. The van der Waals surface area contributed by atoms with Gasteiger partial charge in [-0.05, 0) is 38.0 Å². The molecule has 10 N–H and O–H groups in total. The first-order chi connectivity index (χ1) is 30.9. The molecule has 2 fully saturated rings. The number of hydrogen-bond donors (Lipinski definition) is 9. The Kier molecular flexibility index (Phi) is 21.1. The topological polar surface area (TPSA) is 381 Å². The molecule has 4 rings (SSSR count). The van der Waals surface area contributed by atoms with E-state index in [0.29, 0.717) is 30.3 Å². The number of carbonyl (C=O) groups excluding carboxylic acids is 4. The van der Waals surface area contributed by atoms with Crippen LogP contribution in [0.4, 0.5) is 5.82 Å². The average Bonchev–Trinajstić information content (AvgIpc) is 3.91. The molecule has 66 heavy (non-hydrogen) atoms. The Morgan fingerprint density at radius 1 is 1.03 bits per heavy atom. The maximum atomic E-state index is 12.7. The van der Waals surface area contributed by atoms with Crippen molar-refractivity contribution in [2.45, 2.75) is 116 Å². The third-order valence-corrected chi connectivity index (χ3v) is 14.8. The predicted molar refractivity (Wildman–Crippen MR) is 235 cm³/mol. The number of aliphatic hydroxyl groups excluding tert-OH is 2. The molecule has 2 amide bonds. The van der Waals surface area contributed by atoms with Gasteiger partial charge in [0.1, 0.15) is 42.0 Å². The van der Waals surface area contributed by atoms with Crippen LogP contribution in [-0.4, -0.2) is 128 Å². The Bertz CT molecular complexity index is 2160. The van der Waals surface area contributed by atoms with Gasteiger partial charge in [-0.1, -0.05) is 57.5 Å². The quantitative estimate of drug-likeness (QED) is 0.0336. The Labute approximate surface area is 384 Å². The number of phosphoric ester groups is 3. The minimum Gasteiger partial charge on any atom is -0.386 e. The van der Waals surface area contributed by atoms with Crippen molar-refractivity contribution in [1.82, 2.24) is 30.2 Å². The molecule has 3 heterocycles. The second kappa shape index (κ2) is 25.0. The number of anilines is 1. The SMILES string of the molecule is CC/C=C\CC1C(=O)CCC1CCCCCC(=O)SCCNC(=O)CCNC(=O)[C@H](O)C(C)(C)COP(=O)(O)OP(=O)(O)OC[C@H]1O[C@@H](n2cnc3c(N)ncnc32)[C@H](O)[C@@H]1OP(=O)(O)O. The summed E-state index contributed by atoms with van der Waals surface area (Å²) in [6.45, 7) is 2.55. The lowest BCUT2D eigenvalue weighted by Gasteiger charge is -2.30. The smallest absolute Gasteiger partial charge is 0.386 e. The van der Waals surface area contributed by atoms with E-state index in [9.17, 15) is 62.7 Å². The van der Waals surface area contributed by atoms with Gasteiger partial charge < -0.3 is 50.9 Å². The van der Waals surface area contributed by atoms with Gasteiger partial charge in [0.2, 0.25) is 11.8 Å². The van der Waals surface area contributed by atoms with Crippen molar-refractivity contribution in [2.24, 2.45) is 17.3 Å². The summed E-state index contributed by atoms with van der Waals surface area (Å²) in [5, 5.41) is 26.6. The summed E-state index contributed by atoms with van der Waals surface area (Å²) < 4.78 is 62.4. The zero-order valence-corrected chi connectivity index (χ0v) is 40.2. The van der Waals surface area contributed by atoms with Crippen LogP contribution in [0, 0.1) is 17.3 Å². The number of fused-ring (bicyclic) bond motifs is 1. The lowest BCUT2D eigenvalue weighted by Crippen LogP contribution is -2.46. The number of aromatic nitrogens is 4. The van der Waals surface area contributed by atoms with Crippen molar-refractivity contribution in [2.75, 3.05) is 37.8 Å². The highest BCUT2D eigenvalue weighted by atomic mass is 32.2. The number of thioether (sulfide) groups is 1. The molecule has 9 atom stereocenters. The third kappa shape index (κ3) is 17.2. The van der Waals surface area contributed by atoms with Crippen LogP contribution in [0.1, 0.15) is 91.2 Å². The zero-order chi connectivity index (χ0) is 48.9. The fourth-order valence-corrected chi connectivity index (χ4v) is 10.8. The highest BCUT2D eigenvalue weighted by Gasteiger charge is 2.50. The first kappa shape index (κ1) is 55.6. The lowest BCUT2D eigenvalue weighted by molar-refractivity contribution is -0.137. The van der Waals surface area contributed by atoms with Crippen LogP contribution in [0.15, 0.2) is 24.8 Å². The number of nitrogens with zero attached hydrogens (tertiary/aromatic N) is 4. The number of nitrogen functional groups attached to an aromatic ring is 1. The van der Waals surface area contributed by atoms with Crippen LogP contribution in [0.5, 0.6) is 0 Å². The van der Waals surface area contributed by atoms with E-state index in [-0.39, 0.29) is 47.5 Å². The number of allylic oxidation sites excluding steroid dienone is 2. The number of hydrogen-bond acceptors (Lipinski definition) is 19. The molecule has 0 aromatic carbocycles. The monoisotopic (exact) mass is 1020 g/mol. The number of nitrogens with two attached hydrogens (primary N) is 1.